The lowest BCUT2D eigenvalue weighted by Gasteiger charge is -2.30. The second-order valence-electron chi connectivity index (χ2n) is 8.56. The molecule has 0 unspecified atom stereocenters. The molecule has 2 heterocycles. The van der Waals surface area contributed by atoms with E-state index in [2.05, 4.69) is 14.9 Å². The highest BCUT2D eigenvalue weighted by Crippen LogP contribution is 2.32. The maximum Gasteiger partial charge on any atom is 0.347 e. The molecule has 0 radical (unpaired) electrons. The highest BCUT2D eigenvalue weighted by Gasteiger charge is 2.42. The van der Waals surface area contributed by atoms with Gasteiger partial charge in [-0.1, -0.05) is 67.1 Å². The number of esters is 1. The number of likely N-dealkylation sites (tertiary alicyclic amines) is 1. The van der Waals surface area contributed by atoms with Gasteiger partial charge in [-0.3, -0.25) is 0 Å². The van der Waals surface area contributed by atoms with Gasteiger partial charge < -0.3 is 14.7 Å². The fourth-order valence-corrected chi connectivity index (χ4v) is 4.42. The normalized spacial score (nSPS) is 15.7. The molecule has 1 aliphatic heterocycles. The molecule has 1 saturated heterocycles. The summed E-state index contributed by atoms with van der Waals surface area (Å²) in [6.45, 7) is 3.29. The van der Waals surface area contributed by atoms with Crippen LogP contribution in [0.4, 0.5) is 0 Å². The number of carbonyl (C=O) groups excluding carboxylic acids is 1. The number of rotatable bonds is 9. The molecule has 172 valence electrons. The molecule has 1 N–H and O–H groups in total. The zero-order chi connectivity index (χ0) is 22.9. The van der Waals surface area contributed by atoms with Crippen LogP contribution in [-0.2, 0) is 15.1 Å². The second-order valence-corrected chi connectivity index (χ2v) is 8.56. The molecule has 4 rings (SSSR count). The molecule has 6 nitrogen and oxygen atoms in total. The Balaban J connectivity index is 1.52. The topological polar surface area (TPSA) is 75.5 Å². The Morgan fingerprint density at radius 2 is 1.61 bits per heavy atom. The van der Waals surface area contributed by atoms with Gasteiger partial charge >= 0.3 is 5.97 Å². The molecular weight excluding hydrogens is 414 g/mol. The van der Waals surface area contributed by atoms with E-state index < -0.39 is 11.6 Å². The standard InChI is InChI=1S/C27H31N3O3/c31-26(27(32,23-10-4-1-5-11-23)24-12-6-2-7-13-24)33-20-22(25-14-16-28-21-29-25)15-19-30-17-8-3-9-18-30/h1-2,4-7,10-14,16,21-22,32H,3,8-9,15,17-20H2/t22-/m0/s1. The van der Waals surface area contributed by atoms with Gasteiger partial charge in [-0.15, -0.1) is 0 Å². The lowest BCUT2D eigenvalue weighted by Crippen LogP contribution is -2.39. The molecule has 1 fully saturated rings. The molecule has 1 aromatic heterocycles. The lowest BCUT2D eigenvalue weighted by atomic mass is 9.86. The average Bonchev–Trinajstić information content (AvgIpc) is 2.90. The highest BCUT2D eigenvalue weighted by molar-refractivity contribution is 5.85. The molecule has 0 bridgehead atoms. The first-order valence-electron chi connectivity index (χ1n) is 11.7. The fraction of sp³-hybridized carbons (Fsp3) is 0.370. The van der Waals surface area contributed by atoms with Crippen LogP contribution < -0.4 is 0 Å². The van der Waals surface area contributed by atoms with Gasteiger partial charge in [0, 0.05) is 12.1 Å². The number of ether oxygens (including phenoxy) is 1. The molecule has 33 heavy (non-hydrogen) atoms. The predicted molar refractivity (Wildman–Crippen MR) is 127 cm³/mol. The van der Waals surface area contributed by atoms with Gasteiger partial charge in [0.25, 0.3) is 0 Å². The Morgan fingerprint density at radius 3 is 2.18 bits per heavy atom. The summed E-state index contributed by atoms with van der Waals surface area (Å²) in [7, 11) is 0. The molecule has 1 atom stereocenters. The van der Waals surface area contributed by atoms with E-state index in [1.807, 2.05) is 18.2 Å². The van der Waals surface area contributed by atoms with Crippen molar-refractivity contribution in [1.82, 2.24) is 14.9 Å². The number of benzene rings is 2. The minimum atomic E-state index is -1.88. The van der Waals surface area contributed by atoms with E-state index in [9.17, 15) is 9.90 Å². The summed E-state index contributed by atoms with van der Waals surface area (Å²) >= 11 is 0. The average molecular weight is 446 g/mol. The van der Waals surface area contributed by atoms with Crippen molar-refractivity contribution in [2.75, 3.05) is 26.2 Å². The molecule has 0 saturated carbocycles. The number of carbonyl (C=O) groups is 1. The van der Waals surface area contributed by atoms with Crippen LogP contribution in [0.15, 0.2) is 79.3 Å². The lowest BCUT2D eigenvalue weighted by molar-refractivity contribution is -0.162. The van der Waals surface area contributed by atoms with Crippen molar-refractivity contribution in [2.24, 2.45) is 0 Å². The number of hydrogen-bond acceptors (Lipinski definition) is 6. The van der Waals surface area contributed by atoms with E-state index in [0.717, 1.165) is 31.7 Å². The smallest absolute Gasteiger partial charge is 0.347 e. The Hall–Kier alpha value is -3.09. The van der Waals surface area contributed by atoms with Crippen molar-refractivity contribution in [3.63, 3.8) is 0 Å². The van der Waals surface area contributed by atoms with Crippen LogP contribution in [-0.4, -0.2) is 52.2 Å². The fourth-order valence-electron chi connectivity index (χ4n) is 4.42. The molecule has 1 aliphatic rings. The number of aliphatic hydroxyl groups is 1. The summed E-state index contributed by atoms with van der Waals surface area (Å²) in [4.78, 5) is 24.3. The molecule has 3 aromatic rings. The van der Waals surface area contributed by atoms with Crippen LogP contribution in [0.1, 0.15) is 48.4 Å². The third-order valence-corrected chi connectivity index (χ3v) is 6.36. The van der Waals surface area contributed by atoms with E-state index in [0.29, 0.717) is 11.1 Å². The zero-order valence-corrected chi connectivity index (χ0v) is 18.8. The Labute approximate surface area is 195 Å². The Morgan fingerprint density at radius 1 is 0.970 bits per heavy atom. The molecule has 0 aliphatic carbocycles. The van der Waals surface area contributed by atoms with Crippen molar-refractivity contribution in [3.8, 4) is 0 Å². The largest absolute Gasteiger partial charge is 0.462 e. The second kappa shape index (κ2) is 11.2. The molecule has 2 aromatic carbocycles. The summed E-state index contributed by atoms with van der Waals surface area (Å²) in [5.41, 5.74) is -0.0787. The van der Waals surface area contributed by atoms with E-state index in [-0.39, 0.29) is 12.5 Å². The first kappa shape index (κ1) is 23.1. The summed E-state index contributed by atoms with van der Waals surface area (Å²) in [5.74, 6) is -0.758. The number of nitrogens with zero attached hydrogens (tertiary/aromatic N) is 3. The minimum absolute atomic E-state index is 0.0744. The van der Waals surface area contributed by atoms with Gasteiger partial charge in [0.2, 0.25) is 5.60 Å². The van der Waals surface area contributed by atoms with E-state index in [4.69, 9.17) is 4.74 Å². The van der Waals surface area contributed by atoms with Crippen molar-refractivity contribution < 1.29 is 14.6 Å². The first-order valence-corrected chi connectivity index (χ1v) is 11.7. The van der Waals surface area contributed by atoms with Gasteiger partial charge in [0.05, 0.1) is 12.3 Å². The summed E-state index contributed by atoms with van der Waals surface area (Å²) < 4.78 is 5.80. The molecule has 0 amide bonds. The summed E-state index contributed by atoms with van der Waals surface area (Å²) in [6.07, 6.45) is 7.81. The van der Waals surface area contributed by atoms with Gasteiger partial charge in [0.15, 0.2) is 0 Å². The number of piperidine rings is 1. The van der Waals surface area contributed by atoms with Crippen LogP contribution in [0.3, 0.4) is 0 Å². The van der Waals surface area contributed by atoms with Crippen LogP contribution in [0.2, 0.25) is 0 Å². The maximum absolute atomic E-state index is 13.4. The quantitative estimate of drug-likeness (QED) is 0.503. The molecule has 6 heteroatoms. The van der Waals surface area contributed by atoms with E-state index >= 15 is 0 Å². The number of aromatic nitrogens is 2. The monoisotopic (exact) mass is 445 g/mol. The van der Waals surface area contributed by atoms with Gasteiger partial charge in [0.1, 0.15) is 6.33 Å². The third kappa shape index (κ3) is 5.64. The first-order chi connectivity index (χ1) is 16.2. The minimum Gasteiger partial charge on any atom is -0.462 e. The van der Waals surface area contributed by atoms with Crippen LogP contribution >= 0.6 is 0 Å². The molecular formula is C27H31N3O3. The van der Waals surface area contributed by atoms with Gasteiger partial charge in [-0.05, 0) is 56.1 Å². The third-order valence-electron chi connectivity index (χ3n) is 6.36. The zero-order valence-electron chi connectivity index (χ0n) is 18.8. The highest BCUT2D eigenvalue weighted by atomic mass is 16.5. The van der Waals surface area contributed by atoms with Crippen molar-refractivity contribution in [1.29, 1.82) is 0 Å². The molecule has 0 spiro atoms. The van der Waals surface area contributed by atoms with Gasteiger partial charge in [-0.25, -0.2) is 14.8 Å². The predicted octanol–water partition coefficient (Wildman–Crippen LogP) is 3.92. The summed E-state index contributed by atoms with van der Waals surface area (Å²) in [5, 5.41) is 11.6. The van der Waals surface area contributed by atoms with Crippen LogP contribution in [0.5, 0.6) is 0 Å². The van der Waals surface area contributed by atoms with Crippen molar-refractivity contribution >= 4 is 5.97 Å². The Kier molecular flexibility index (Phi) is 7.81. The van der Waals surface area contributed by atoms with E-state index in [1.165, 1.54) is 25.6 Å². The van der Waals surface area contributed by atoms with E-state index in [1.54, 1.807) is 54.7 Å². The maximum atomic E-state index is 13.4. The van der Waals surface area contributed by atoms with Crippen molar-refractivity contribution in [2.45, 2.75) is 37.2 Å². The van der Waals surface area contributed by atoms with Crippen LogP contribution in [0.25, 0.3) is 0 Å². The Bertz CT molecular complexity index is 953. The number of hydrogen-bond donors (Lipinski definition) is 1. The summed E-state index contributed by atoms with van der Waals surface area (Å²) in [6, 6.07) is 19.8. The van der Waals surface area contributed by atoms with Crippen molar-refractivity contribution in [3.05, 3.63) is 96.1 Å². The van der Waals surface area contributed by atoms with Gasteiger partial charge in [-0.2, -0.15) is 0 Å². The van der Waals surface area contributed by atoms with Crippen LogP contribution in [0, 0.1) is 0 Å². The SMILES string of the molecule is O=C(OC[C@H](CCN1CCCCC1)c1ccncn1)C(O)(c1ccccc1)c1ccccc1.